The van der Waals surface area contributed by atoms with E-state index in [4.69, 9.17) is 0 Å². The van der Waals surface area contributed by atoms with Crippen molar-refractivity contribution in [1.29, 1.82) is 0 Å². The summed E-state index contributed by atoms with van der Waals surface area (Å²) in [6.45, 7) is 13.4. The zero-order valence-electron chi connectivity index (χ0n) is 7.97. The van der Waals surface area contributed by atoms with Crippen LogP contribution < -0.4 is 0 Å². The molecular formula is C12H18. The van der Waals surface area contributed by atoms with E-state index in [-0.39, 0.29) is 0 Å². The lowest BCUT2D eigenvalue weighted by Gasteiger charge is -2.05. The van der Waals surface area contributed by atoms with Crippen LogP contribution in [0.3, 0.4) is 0 Å². The van der Waals surface area contributed by atoms with Gasteiger partial charge < -0.3 is 0 Å². The third-order valence-corrected chi connectivity index (χ3v) is 1.93. The molecule has 0 aromatic rings. The van der Waals surface area contributed by atoms with Gasteiger partial charge in [-0.15, -0.1) is 6.58 Å². The van der Waals surface area contributed by atoms with Crippen molar-refractivity contribution < 1.29 is 0 Å². The van der Waals surface area contributed by atoms with Crippen LogP contribution in [0.15, 0.2) is 49.1 Å². The maximum Gasteiger partial charge on any atom is -0.0276 e. The lowest BCUT2D eigenvalue weighted by molar-refractivity contribution is 0.901. The van der Waals surface area contributed by atoms with Gasteiger partial charge in [-0.1, -0.05) is 43.9 Å². The summed E-state index contributed by atoms with van der Waals surface area (Å²) in [6, 6.07) is 0. The highest BCUT2D eigenvalue weighted by atomic mass is 14.0. The fraction of sp³-hybridized carbons (Fsp3) is 0.333. The maximum atomic E-state index is 3.75. The number of rotatable bonds is 6. The van der Waals surface area contributed by atoms with Crippen molar-refractivity contribution in [3.8, 4) is 0 Å². The Morgan fingerprint density at radius 3 is 2.08 bits per heavy atom. The third kappa shape index (κ3) is 3.38. The van der Waals surface area contributed by atoms with Crippen molar-refractivity contribution in [1.82, 2.24) is 0 Å². The van der Waals surface area contributed by atoms with E-state index in [1.54, 1.807) is 0 Å². The normalized spacial score (nSPS) is 8.75. The molecule has 0 heteroatoms. The van der Waals surface area contributed by atoms with E-state index < -0.39 is 0 Å². The van der Waals surface area contributed by atoms with Gasteiger partial charge in [0, 0.05) is 0 Å². The maximum absolute atomic E-state index is 3.75. The first-order chi connectivity index (χ1) is 5.79. The molecule has 0 aliphatic carbocycles. The second-order valence-electron chi connectivity index (χ2n) is 2.65. The molecule has 0 fully saturated rings. The second-order valence-corrected chi connectivity index (χ2v) is 2.65. The molecule has 0 bridgehead atoms. The molecule has 0 aliphatic heterocycles. The van der Waals surface area contributed by atoms with Crippen molar-refractivity contribution in [2.45, 2.75) is 26.2 Å². The van der Waals surface area contributed by atoms with Crippen LogP contribution in [0.4, 0.5) is 0 Å². The summed E-state index contributed by atoms with van der Waals surface area (Å²) < 4.78 is 0. The Labute approximate surface area is 76.0 Å². The van der Waals surface area contributed by atoms with Gasteiger partial charge in [-0.3, -0.25) is 0 Å². The quantitative estimate of drug-likeness (QED) is 0.408. The number of hydrogen-bond acceptors (Lipinski definition) is 0. The summed E-state index contributed by atoms with van der Waals surface area (Å²) in [5, 5.41) is 0. The molecule has 0 spiro atoms. The molecule has 0 rings (SSSR count). The largest absolute Gasteiger partial charge is 0.103 e. The zero-order chi connectivity index (χ0) is 9.40. The number of allylic oxidation sites excluding steroid dienone is 5. The molecule has 0 saturated carbocycles. The van der Waals surface area contributed by atoms with Crippen molar-refractivity contribution >= 4 is 0 Å². The smallest absolute Gasteiger partial charge is 0.0276 e. The second kappa shape index (κ2) is 6.66. The van der Waals surface area contributed by atoms with Crippen LogP contribution in [0.5, 0.6) is 0 Å². The Morgan fingerprint density at radius 1 is 1.17 bits per heavy atom. The van der Waals surface area contributed by atoms with Crippen LogP contribution >= 0.6 is 0 Å². The first-order valence-corrected chi connectivity index (χ1v) is 4.37. The SMILES string of the molecule is C=CCCC(CC)=C(C=C)C=C. The van der Waals surface area contributed by atoms with E-state index in [1.807, 2.05) is 18.2 Å². The molecule has 0 aliphatic rings. The summed E-state index contributed by atoms with van der Waals surface area (Å²) in [6.07, 6.45) is 8.87. The number of hydrogen-bond donors (Lipinski definition) is 0. The Hall–Kier alpha value is -1.04. The summed E-state index contributed by atoms with van der Waals surface area (Å²) in [4.78, 5) is 0. The van der Waals surface area contributed by atoms with Gasteiger partial charge in [0.15, 0.2) is 0 Å². The van der Waals surface area contributed by atoms with E-state index >= 15 is 0 Å². The molecule has 0 amide bonds. The van der Waals surface area contributed by atoms with Gasteiger partial charge in [-0.25, -0.2) is 0 Å². The summed E-state index contributed by atoms with van der Waals surface area (Å²) in [5.74, 6) is 0. The highest BCUT2D eigenvalue weighted by Gasteiger charge is 1.96. The van der Waals surface area contributed by atoms with E-state index in [1.165, 1.54) is 11.1 Å². The van der Waals surface area contributed by atoms with Crippen LogP contribution in [0.25, 0.3) is 0 Å². The van der Waals surface area contributed by atoms with Gasteiger partial charge in [-0.2, -0.15) is 0 Å². The topological polar surface area (TPSA) is 0 Å². The van der Waals surface area contributed by atoms with Crippen LogP contribution in [-0.2, 0) is 0 Å². The van der Waals surface area contributed by atoms with Gasteiger partial charge in [0.2, 0.25) is 0 Å². The molecule has 0 aromatic heterocycles. The minimum absolute atomic E-state index is 1.04. The monoisotopic (exact) mass is 162 g/mol. The van der Waals surface area contributed by atoms with Crippen molar-refractivity contribution in [2.24, 2.45) is 0 Å². The summed E-state index contributed by atoms with van der Waals surface area (Å²) in [5.41, 5.74) is 2.60. The Kier molecular flexibility index (Phi) is 6.08. The fourth-order valence-electron chi connectivity index (χ4n) is 1.17. The molecule has 0 unspecified atom stereocenters. The molecule has 0 nitrogen and oxygen atoms in total. The predicted molar refractivity (Wildman–Crippen MR) is 57.1 cm³/mol. The van der Waals surface area contributed by atoms with Crippen LogP contribution in [0.1, 0.15) is 26.2 Å². The lowest BCUT2D eigenvalue weighted by atomic mass is 10.0. The Balaban J connectivity index is 4.44. The minimum atomic E-state index is 1.04. The average Bonchev–Trinajstić information content (AvgIpc) is 2.12. The van der Waals surface area contributed by atoms with Gasteiger partial charge in [0.1, 0.15) is 0 Å². The average molecular weight is 162 g/mol. The van der Waals surface area contributed by atoms with Gasteiger partial charge in [0.05, 0.1) is 0 Å². The first kappa shape index (κ1) is 11.0. The fourth-order valence-corrected chi connectivity index (χ4v) is 1.17. The van der Waals surface area contributed by atoms with E-state index in [0.29, 0.717) is 0 Å². The minimum Gasteiger partial charge on any atom is -0.103 e. The highest BCUT2D eigenvalue weighted by Crippen LogP contribution is 2.16. The highest BCUT2D eigenvalue weighted by molar-refractivity contribution is 5.33. The molecule has 0 radical (unpaired) electrons. The van der Waals surface area contributed by atoms with Gasteiger partial charge in [0.25, 0.3) is 0 Å². The predicted octanol–water partition coefficient (Wildman–Crippen LogP) is 4.03. The third-order valence-electron chi connectivity index (χ3n) is 1.93. The standard InChI is InChI=1S/C12H18/c1-5-9-10-12(8-4)11(6-2)7-3/h5-7H,1-3,8-10H2,4H3. The van der Waals surface area contributed by atoms with E-state index in [0.717, 1.165) is 19.3 Å². The lowest BCUT2D eigenvalue weighted by Crippen LogP contribution is -1.85. The van der Waals surface area contributed by atoms with Crippen molar-refractivity contribution in [2.75, 3.05) is 0 Å². The van der Waals surface area contributed by atoms with Crippen LogP contribution in [0.2, 0.25) is 0 Å². The summed E-state index contributed by atoms with van der Waals surface area (Å²) in [7, 11) is 0. The molecule has 0 N–H and O–H groups in total. The molecule has 0 saturated heterocycles. The van der Waals surface area contributed by atoms with E-state index in [2.05, 4.69) is 26.7 Å². The van der Waals surface area contributed by atoms with Crippen LogP contribution in [-0.4, -0.2) is 0 Å². The molecule has 0 atom stereocenters. The molecule has 12 heavy (non-hydrogen) atoms. The zero-order valence-corrected chi connectivity index (χ0v) is 7.97. The van der Waals surface area contributed by atoms with Crippen molar-refractivity contribution in [3.63, 3.8) is 0 Å². The Morgan fingerprint density at radius 2 is 1.75 bits per heavy atom. The summed E-state index contributed by atoms with van der Waals surface area (Å²) >= 11 is 0. The molecule has 66 valence electrons. The van der Waals surface area contributed by atoms with Gasteiger partial charge >= 0.3 is 0 Å². The Bertz CT molecular complexity index is 184. The molecule has 0 aromatic carbocycles. The van der Waals surface area contributed by atoms with E-state index in [9.17, 15) is 0 Å². The first-order valence-electron chi connectivity index (χ1n) is 4.37. The molecular weight excluding hydrogens is 144 g/mol. The molecule has 0 heterocycles. The van der Waals surface area contributed by atoms with Gasteiger partial charge in [-0.05, 0) is 24.8 Å². The van der Waals surface area contributed by atoms with Crippen molar-refractivity contribution in [3.05, 3.63) is 49.1 Å². The van der Waals surface area contributed by atoms with Crippen LogP contribution in [0, 0.1) is 0 Å².